The molecule has 0 aliphatic carbocycles. The predicted octanol–water partition coefficient (Wildman–Crippen LogP) is 4.32. The lowest BCUT2D eigenvalue weighted by molar-refractivity contribution is -0.123. The van der Waals surface area contributed by atoms with Crippen molar-refractivity contribution < 1.29 is 4.79 Å². The number of benzene rings is 1. The molecule has 106 valence electrons. The molecule has 3 nitrogen and oxygen atoms in total. The van der Waals surface area contributed by atoms with E-state index in [1.807, 2.05) is 39.0 Å². The van der Waals surface area contributed by atoms with Gasteiger partial charge in [-0.15, -0.1) is 0 Å². The van der Waals surface area contributed by atoms with Crippen molar-refractivity contribution >= 4 is 43.5 Å². The molecule has 0 radical (unpaired) electrons. The molecule has 0 aromatic heterocycles. The summed E-state index contributed by atoms with van der Waals surface area (Å²) in [6.07, 6.45) is 0.895. The molecule has 0 saturated carbocycles. The van der Waals surface area contributed by atoms with Crippen LogP contribution in [0.1, 0.15) is 34.1 Å². The Kier molecular flexibility index (Phi) is 5.86. The summed E-state index contributed by atoms with van der Waals surface area (Å²) in [5, 5.41) is 6.24. The second kappa shape index (κ2) is 6.75. The molecule has 1 aromatic carbocycles. The predicted molar refractivity (Wildman–Crippen MR) is 87.4 cm³/mol. The fraction of sp³-hybridized carbons (Fsp3) is 0.500. The highest BCUT2D eigenvalue weighted by molar-refractivity contribution is 9.11. The second-order valence-electron chi connectivity index (χ2n) is 5.22. The zero-order valence-electron chi connectivity index (χ0n) is 11.7. The van der Waals surface area contributed by atoms with Crippen molar-refractivity contribution in [3.05, 3.63) is 27.1 Å². The summed E-state index contributed by atoms with van der Waals surface area (Å²) in [4.78, 5) is 12.1. The number of amides is 1. The van der Waals surface area contributed by atoms with Crippen LogP contribution in [0, 0.1) is 0 Å². The van der Waals surface area contributed by atoms with Gasteiger partial charge in [0.15, 0.2) is 0 Å². The van der Waals surface area contributed by atoms with Crippen LogP contribution in [-0.4, -0.2) is 17.5 Å². The molecule has 5 heteroatoms. The van der Waals surface area contributed by atoms with Gasteiger partial charge in [0.1, 0.15) is 6.04 Å². The van der Waals surface area contributed by atoms with Gasteiger partial charge in [-0.1, -0.05) is 22.9 Å². The van der Waals surface area contributed by atoms with Gasteiger partial charge in [0.25, 0.3) is 0 Å². The topological polar surface area (TPSA) is 41.1 Å². The van der Waals surface area contributed by atoms with Crippen LogP contribution < -0.4 is 10.6 Å². The van der Waals surface area contributed by atoms with Gasteiger partial charge in [-0.2, -0.15) is 0 Å². The standard InChI is InChI=1S/C14H20Br2N2O/c1-5-14(3,4)18-13(19)9(2)17-12-8-10(15)6-7-11(12)16/h6-9,17H,5H2,1-4H3,(H,18,19). The number of nitrogens with one attached hydrogen (secondary N) is 2. The summed E-state index contributed by atoms with van der Waals surface area (Å²) in [5.41, 5.74) is 0.716. The first-order valence-electron chi connectivity index (χ1n) is 6.29. The number of hydrogen-bond acceptors (Lipinski definition) is 2. The number of carbonyl (C=O) groups is 1. The molecular weight excluding hydrogens is 372 g/mol. The van der Waals surface area contributed by atoms with Crippen molar-refractivity contribution in [2.24, 2.45) is 0 Å². The Morgan fingerprint density at radius 2 is 2.00 bits per heavy atom. The fourth-order valence-corrected chi connectivity index (χ4v) is 2.16. The molecule has 1 rings (SSSR count). The monoisotopic (exact) mass is 390 g/mol. The molecule has 0 aliphatic heterocycles. The van der Waals surface area contributed by atoms with Crippen LogP contribution >= 0.6 is 31.9 Å². The average Bonchev–Trinajstić information content (AvgIpc) is 2.33. The number of anilines is 1. The molecule has 0 aliphatic rings. The van der Waals surface area contributed by atoms with Crippen molar-refractivity contribution in [1.82, 2.24) is 5.32 Å². The third kappa shape index (κ3) is 5.15. The normalized spacial score (nSPS) is 12.9. The smallest absolute Gasteiger partial charge is 0.242 e. The van der Waals surface area contributed by atoms with E-state index in [9.17, 15) is 4.79 Å². The summed E-state index contributed by atoms with van der Waals surface area (Å²) in [5.74, 6) is -0.00118. The van der Waals surface area contributed by atoms with Crippen molar-refractivity contribution in [1.29, 1.82) is 0 Å². The van der Waals surface area contributed by atoms with E-state index in [-0.39, 0.29) is 17.5 Å². The van der Waals surface area contributed by atoms with Crippen molar-refractivity contribution in [3.8, 4) is 0 Å². The molecule has 1 atom stereocenters. The van der Waals surface area contributed by atoms with E-state index in [0.29, 0.717) is 0 Å². The minimum Gasteiger partial charge on any atom is -0.373 e. The largest absolute Gasteiger partial charge is 0.373 e. The van der Waals surface area contributed by atoms with Crippen LogP contribution in [0.2, 0.25) is 0 Å². The molecule has 0 heterocycles. The Morgan fingerprint density at radius 1 is 1.37 bits per heavy atom. The molecule has 1 unspecified atom stereocenters. The summed E-state index contributed by atoms with van der Waals surface area (Å²) in [6, 6.07) is 5.53. The summed E-state index contributed by atoms with van der Waals surface area (Å²) < 4.78 is 1.91. The Bertz CT molecular complexity index is 461. The lowest BCUT2D eigenvalue weighted by atomic mass is 10.0. The Labute approximate surface area is 131 Å². The van der Waals surface area contributed by atoms with Crippen LogP contribution in [0.3, 0.4) is 0 Å². The van der Waals surface area contributed by atoms with E-state index in [1.54, 1.807) is 0 Å². The minimum atomic E-state index is -0.295. The van der Waals surface area contributed by atoms with E-state index in [1.165, 1.54) is 0 Å². The maximum Gasteiger partial charge on any atom is 0.242 e. The molecule has 0 bridgehead atoms. The second-order valence-corrected chi connectivity index (χ2v) is 6.99. The number of hydrogen-bond donors (Lipinski definition) is 2. The molecule has 19 heavy (non-hydrogen) atoms. The minimum absolute atomic E-state index is 0.00118. The lowest BCUT2D eigenvalue weighted by Crippen LogP contribution is -2.48. The van der Waals surface area contributed by atoms with Gasteiger partial charge in [0.05, 0.1) is 5.69 Å². The highest BCUT2D eigenvalue weighted by atomic mass is 79.9. The van der Waals surface area contributed by atoms with Crippen LogP contribution in [0.15, 0.2) is 27.1 Å². The first-order valence-corrected chi connectivity index (χ1v) is 7.87. The zero-order chi connectivity index (χ0) is 14.6. The molecule has 2 N–H and O–H groups in total. The Morgan fingerprint density at radius 3 is 2.58 bits per heavy atom. The molecule has 0 fully saturated rings. The highest BCUT2D eigenvalue weighted by Crippen LogP contribution is 2.26. The van der Waals surface area contributed by atoms with Crippen LogP contribution in [0.4, 0.5) is 5.69 Å². The Balaban J connectivity index is 2.71. The molecule has 1 amide bonds. The first-order chi connectivity index (χ1) is 8.75. The van der Waals surface area contributed by atoms with Gasteiger partial charge >= 0.3 is 0 Å². The third-order valence-electron chi connectivity index (χ3n) is 3.04. The average molecular weight is 392 g/mol. The Hall–Kier alpha value is -0.550. The van der Waals surface area contributed by atoms with E-state index < -0.39 is 0 Å². The summed E-state index contributed by atoms with van der Waals surface area (Å²) in [6.45, 7) is 7.96. The maximum absolute atomic E-state index is 12.1. The fourth-order valence-electron chi connectivity index (χ4n) is 1.44. The lowest BCUT2D eigenvalue weighted by Gasteiger charge is -2.27. The van der Waals surface area contributed by atoms with Gasteiger partial charge in [-0.3, -0.25) is 4.79 Å². The van der Waals surface area contributed by atoms with Gasteiger partial charge in [-0.05, 0) is 61.3 Å². The van der Waals surface area contributed by atoms with Crippen LogP contribution in [-0.2, 0) is 4.79 Å². The van der Waals surface area contributed by atoms with Crippen LogP contribution in [0.5, 0.6) is 0 Å². The van der Waals surface area contributed by atoms with Crippen LogP contribution in [0.25, 0.3) is 0 Å². The van der Waals surface area contributed by atoms with Gasteiger partial charge < -0.3 is 10.6 Å². The molecule has 0 saturated heterocycles. The van der Waals surface area contributed by atoms with E-state index >= 15 is 0 Å². The first kappa shape index (κ1) is 16.5. The van der Waals surface area contributed by atoms with Gasteiger partial charge in [-0.25, -0.2) is 0 Å². The SMILES string of the molecule is CCC(C)(C)NC(=O)C(C)Nc1cc(Br)ccc1Br. The van der Waals surface area contributed by atoms with Gasteiger partial charge in [0, 0.05) is 14.5 Å². The third-order valence-corrected chi connectivity index (χ3v) is 4.22. The number of halogens is 2. The van der Waals surface area contributed by atoms with Gasteiger partial charge in [0.2, 0.25) is 5.91 Å². The maximum atomic E-state index is 12.1. The summed E-state index contributed by atoms with van der Waals surface area (Å²) in [7, 11) is 0. The zero-order valence-corrected chi connectivity index (χ0v) is 14.9. The van der Waals surface area contributed by atoms with Crippen molar-refractivity contribution in [2.75, 3.05) is 5.32 Å². The molecule has 1 aromatic rings. The van der Waals surface area contributed by atoms with Crippen molar-refractivity contribution in [3.63, 3.8) is 0 Å². The van der Waals surface area contributed by atoms with Crippen molar-refractivity contribution in [2.45, 2.75) is 45.7 Å². The van der Waals surface area contributed by atoms with E-state index in [2.05, 4.69) is 49.4 Å². The molecular formula is C14H20Br2N2O. The number of carbonyl (C=O) groups excluding carboxylic acids is 1. The van der Waals surface area contributed by atoms with E-state index in [4.69, 9.17) is 0 Å². The highest BCUT2D eigenvalue weighted by Gasteiger charge is 2.22. The summed E-state index contributed by atoms with van der Waals surface area (Å²) >= 11 is 6.89. The van der Waals surface area contributed by atoms with E-state index in [0.717, 1.165) is 21.1 Å². The quantitative estimate of drug-likeness (QED) is 0.784. The molecule has 0 spiro atoms. The number of rotatable bonds is 5.